The van der Waals surface area contributed by atoms with Gasteiger partial charge in [-0.25, -0.2) is 9.59 Å². The zero-order chi connectivity index (χ0) is 22.8. The molecule has 0 amide bonds. The molecule has 0 N–H and O–H groups in total. The summed E-state index contributed by atoms with van der Waals surface area (Å²) in [6.07, 6.45) is 3.90. The van der Waals surface area contributed by atoms with E-state index in [1.807, 2.05) is 67.6 Å². The molecular formula is C28H20O5. The Labute approximate surface area is 189 Å². The Morgan fingerprint density at radius 3 is 2.48 bits per heavy atom. The molecule has 0 saturated carbocycles. The molecule has 0 radical (unpaired) electrons. The first kappa shape index (κ1) is 20.5. The SMILES string of the molecule is Cc1c(OC/C=C/c2ccccc2)ccc2c(-c3cc4ccccc4oc3=O)cc(=O)oc12. The number of rotatable bonds is 5. The minimum Gasteiger partial charge on any atom is -0.489 e. The Bertz CT molecular complexity index is 1610. The lowest BCUT2D eigenvalue weighted by Crippen LogP contribution is -2.07. The number of aryl methyl sites for hydroxylation is 1. The number of para-hydroxylation sites is 1. The molecule has 0 saturated heterocycles. The third kappa shape index (κ3) is 4.08. The van der Waals surface area contributed by atoms with Gasteiger partial charge in [0.2, 0.25) is 0 Å². The second kappa shape index (κ2) is 8.63. The van der Waals surface area contributed by atoms with E-state index < -0.39 is 11.3 Å². The number of hydrogen-bond acceptors (Lipinski definition) is 5. The van der Waals surface area contributed by atoms with E-state index in [1.54, 1.807) is 24.3 Å². The third-order valence-electron chi connectivity index (χ3n) is 5.49. The molecule has 5 heteroatoms. The van der Waals surface area contributed by atoms with Crippen molar-refractivity contribution >= 4 is 28.0 Å². The number of hydrogen-bond donors (Lipinski definition) is 0. The van der Waals surface area contributed by atoms with E-state index in [9.17, 15) is 9.59 Å². The molecule has 0 atom stereocenters. The van der Waals surface area contributed by atoms with E-state index in [0.29, 0.717) is 45.6 Å². The molecular weight excluding hydrogens is 416 g/mol. The topological polar surface area (TPSA) is 69.7 Å². The summed E-state index contributed by atoms with van der Waals surface area (Å²) in [6, 6.07) is 23.9. The lowest BCUT2D eigenvalue weighted by atomic mass is 10.0. The highest BCUT2D eigenvalue weighted by molar-refractivity contribution is 5.96. The summed E-state index contributed by atoms with van der Waals surface area (Å²) in [7, 11) is 0. The van der Waals surface area contributed by atoms with Gasteiger partial charge in [0.1, 0.15) is 23.5 Å². The van der Waals surface area contributed by atoms with E-state index in [0.717, 1.165) is 10.9 Å². The molecule has 5 aromatic rings. The van der Waals surface area contributed by atoms with Gasteiger partial charge in [-0.3, -0.25) is 0 Å². The van der Waals surface area contributed by atoms with E-state index in [1.165, 1.54) is 6.07 Å². The normalized spacial score (nSPS) is 11.4. The monoisotopic (exact) mass is 436 g/mol. The lowest BCUT2D eigenvalue weighted by Gasteiger charge is -2.11. The van der Waals surface area contributed by atoms with Crippen LogP contribution in [-0.2, 0) is 0 Å². The van der Waals surface area contributed by atoms with Crippen LogP contribution in [0.15, 0.2) is 103 Å². The van der Waals surface area contributed by atoms with E-state index in [2.05, 4.69) is 0 Å². The van der Waals surface area contributed by atoms with E-state index >= 15 is 0 Å². The first-order chi connectivity index (χ1) is 16.1. The van der Waals surface area contributed by atoms with E-state index in [4.69, 9.17) is 13.6 Å². The van der Waals surface area contributed by atoms with Gasteiger partial charge in [0.15, 0.2) is 0 Å². The van der Waals surface area contributed by atoms with Crippen LogP contribution in [0.5, 0.6) is 5.75 Å². The summed E-state index contributed by atoms with van der Waals surface area (Å²) in [4.78, 5) is 25.1. The van der Waals surface area contributed by atoms with Crippen molar-refractivity contribution in [2.75, 3.05) is 6.61 Å². The average Bonchev–Trinajstić information content (AvgIpc) is 2.83. The highest BCUT2D eigenvalue weighted by Crippen LogP contribution is 2.33. The smallest absolute Gasteiger partial charge is 0.344 e. The van der Waals surface area contributed by atoms with Crippen molar-refractivity contribution in [2.24, 2.45) is 0 Å². The van der Waals surface area contributed by atoms with Gasteiger partial charge in [-0.1, -0.05) is 54.6 Å². The summed E-state index contributed by atoms with van der Waals surface area (Å²) in [5, 5.41) is 1.41. The second-order valence-electron chi connectivity index (χ2n) is 7.65. The zero-order valence-corrected chi connectivity index (χ0v) is 17.9. The largest absolute Gasteiger partial charge is 0.489 e. The van der Waals surface area contributed by atoms with Crippen LogP contribution in [0.2, 0.25) is 0 Å². The van der Waals surface area contributed by atoms with E-state index in [-0.39, 0.29) is 0 Å². The molecule has 0 aliphatic rings. The summed E-state index contributed by atoms with van der Waals surface area (Å²) >= 11 is 0. The molecule has 162 valence electrons. The molecule has 0 bridgehead atoms. The third-order valence-corrected chi connectivity index (χ3v) is 5.49. The fourth-order valence-electron chi connectivity index (χ4n) is 3.86. The quantitative estimate of drug-likeness (QED) is 0.318. The number of ether oxygens (including phenoxy) is 1. The maximum Gasteiger partial charge on any atom is 0.344 e. The minimum absolute atomic E-state index is 0.311. The van der Waals surface area contributed by atoms with Crippen molar-refractivity contribution < 1.29 is 13.6 Å². The molecule has 0 unspecified atom stereocenters. The molecule has 2 heterocycles. The molecule has 0 aliphatic heterocycles. The summed E-state index contributed by atoms with van der Waals surface area (Å²) in [5.74, 6) is 0.603. The zero-order valence-electron chi connectivity index (χ0n) is 17.9. The summed E-state index contributed by atoms with van der Waals surface area (Å²) in [6.45, 7) is 2.19. The van der Waals surface area contributed by atoms with Crippen molar-refractivity contribution in [1.29, 1.82) is 0 Å². The Morgan fingerprint density at radius 2 is 1.64 bits per heavy atom. The molecule has 0 aliphatic carbocycles. The van der Waals surface area contributed by atoms with Gasteiger partial charge in [-0.2, -0.15) is 0 Å². The van der Waals surface area contributed by atoms with Crippen LogP contribution in [0.25, 0.3) is 39.1 Å². The van der Waals surface area contributed by atoms with Gasteiger partial charge in [0.25, 0.3) is 0 Å². The second-order valence-corrected chi connectivity index (χ2v) is 7.65. The van der Waals surface area contributed by atoms with Crippen LogP contribution in [0.1, 0.15) is 11.1 Å². The van der Waals surface area contributed by atoms with Crippen LogP contribution in [0.4, 0.5) is 0 Å². The molecule has 5 rings (SSSR count). The van der Waals surface area contributed by atoms with Crippen LogP contribution >= 0.6 is 0 Å². The predicted octanol–water partition coefficient (Wildman–Crippen LogP) is 5.97. The molecule has 33 heavy (non-hydrogen) atoms. The highest BCUT2D eigenvalue weighted by atomic mass is 16.5. The summed E-state index contributed by atoms with van der Waals surface area (Å²) in [5.41, 5.74) is 2.37. The minimum atomic E-state index is -0.547. The highest BCUT2D eigenvalue weighted by Gasteiger charge is 2.16. The van der Waals surface area contributed by atoms with Gasteiger partial charge >= 0.3 is 11.3 Å². The van der Waals surface area contributed by atoms with Crippen molar-refractivity contribution in [3.63, 3.8) is 0 Å². The molecule has 3 aromatic carbocycles. The predicted molar refractivity (Wildman–Crippen MR) is 130 cm³/mol. The van der Waals surface area contributed by atoms with Crippen LogP contribution in [0, 0.1) is 6.92 Å². The van der Waals surface area contributed by atoms with Crippen molar-refractivity contribution in [3.05, 3.63) is 117 Å². The number of benzene rings is 3. The molecule has 2 aromatic heterocycles. The summed E-state index contributed by atoms with van der Waals surface area (Å²) < 4.78 is 16.9. The Hall–Kier alpha value is -4.38. The fraction of sp³-hybridized carbons (Fsp3) is 0.0714. The van der Waals surface area contributed by atoms with Crippen LogP contribution in [-0.4, -0.2) is 6.61 Å². The van der Waals surface area contributed by atoms with Gasteiger partial charge < -0.3 is 13.6 Å². The maximum atomic E-state index is 12.7. The first-order valence-corrected chi connectivity index (χ1v) is 10.6. The van der Waals surface area contributed by atoms with Crippen molar-refractivity contribution in [2.45, 2.75) is 6.92 Å². The first-order valence-electron chi connectivity index (χ1n) is 10.6. The maximum absolute atomic E-state index is 12.7. The Balaban J connectivity index is 1.53. The molecule has 0 spiro atoms. The average molecular weight is 436 g/mol. The lowest BCUT2D eigenvalue weighted by molar-refractivity contribution is 0.360. The van der Waals surface area contributed by atoms with Crippen molar-refractivity contribution in [1.82, 2.24) is 0 Å². The fourth-order valence-corrected chi connectivity index (χ4v) is 3.86. The van der Waals surface area contributed by atoms with Crippen molar-refractivity contribution in [3.8, 4) is 16.9 Å². The Kier molecular flexibility index (Phi) is 5.37. The molecule has 0 fully saturated rings. The van der Waals surface area contributed by atoms with Crippen LogP contribution in [0.3, 0.4) is 0 Å². The van der Waals surface area contributed by atoms with Gasteiger partial charge in [-0.15, -0.1) is 0 Å². The van der Waals surface area contributed by atoms with Crippen LogP contribution < -0.4 is 16.0 Å². The standard InChI is InChI=1S/C28H20O5/c1-18-24(31-15-7-10-19-8-3-2-4-9-19)14-13-21-22(17-26(29)33-27(18)21)23-16-20-11-5-6-12-25(20)32-28(23)30/h2-14,16-17H,15H2,1H3/b10-7+. The van der Waals surface area contributed by atoms with Gasteiger partial charge in [-0.05, 0) is 42.8 Å². The van der Waals surface area contributed by atoms with Gasteiger partial charge in [0, 0.05) is 28.0 Å². The molecule has 5 nitrogen and oxygen atoms in total. The number of fused-ring (bicyclic) bond motifs is 2. The Morgan fingerprint density at radius 1 is 0.848 bits per heavy atom. The van der Waals surface area contributed by atoms with Gasteiger partial charge in [0.05, 0.1) is 5.56 Å².